The van der Waals surface area contributed by atoms with Crippen molar-refractivity contribution in [2.24, 2.45) is 4.99 Å². The molecule has 0 aliphatic carbocycles. The van der Waals surface area contributed by atoms with Crippen molar-refractivity contribution in [2.75, 3.05) is 46.5 Å². The normalized spacial score (nSPS) is 15.2. The first-order valence-electron chi connectivity index (χ1n) is 10.7. The monoisotopic (exact) mass is 404 g/mol. The van der Waals surface area contributed by atoms with Crippen LogP contribution in [0.3, 0.4) is 0 Å². The number of hydrogen-bond acceptors (Lipinski definition) is 4. The lowest BCUT2D eigenvalue weighted by atomic mass is 10.2. The van der Waals surface area contributed by atoms with E-state index in [1.165, 1.54) is 0 Å². The fourth-order valence-corrected chi connectivity index (χ4v) is 3.20. The maximum Gasteiger partial charge on any atom is 0.222 e. The Morgan fingerprint density at radius 3 is 2.72 bits per heavy atom. The Hall–Kier alpha value is -2.28. The van der Waals surface area contributed by atoms with Crippen LogP contribution in [0.2, 0.25) is 0 Å². The number of hydrogen-bond donors (Lipinski definition) is 2. The van der Waals surface area contributed by atoms with E-state index in [-0.39, 0.29) is 0 Å². The predicted octanol–water partition coefficient (Wildman–Crippen LogP) is 2.56. The Labute approximate surface area is 174 Å². The number of aliphatic imine (C=N–C) groups is 1. The molecule has 2 rings (SSSR count). The Balaban J connectivity index is 1.74. The van der Waals surface area contributed by atoms with Gasteiger partial charge in [0.25, 0.3) is 0 Å². The molecule has 7 heteroatoms. The van der Waals surface area contributed by atoms with E-state index in [0.29, 0.717) is 32.1 Å². The predicted molar refractivity (Wildman–Crippen MR) is 116 cm³/mol. The van der Waals surface area contributed by atoms with E-state index in [2.05, 4.69) is 22.5 Å². The molecule has 1 aliphatic rings. The zero-order valence-corrected chi connectivity index (χ0v) is 17.9. The lowest BCUT2D eigenvalue weighted by Crippen LogP contribution is -2.39. The molecule has 0 bridgehead atoms. The maximum atomic E-state index is 12.1. The number of benzene rings is 1. The Morgan fingerprint density at radius 2 is 1.97 bits per heavy atom. The second-order valence-electron chi connectivity index (χ2n) is 7.15. The smallest absolute Gasteiger partial charge is 0.222 e. The molecule has 29 heavy (non-hydrogen) atoms. The van der Waals surface area contributed by atoms with Crippen molar-refractivity contribution >= 4 is 11.9 Å². The highest BCUT2D eigenvalue weighted by Crippen LogP contribution is 2.13. The zero-order valence-electron chi connectivity index (χ0n) is 17.9. The van der Waals surface area contributed by atoms with E-state index in [1.807, 2.05) is 29.2 Å². The molecule has 1 saturated heterocycles. The number of methoxy groups -OCH3 is 1. The highest BCUT2D eigenvalue weighted by Gasteiger charge is 2.15. The second kappa shape index (κ2) is 13.8. The number of carbonyl (C=O) groups is 1. The fraction of sp³-hybridized carbons (Fsp3) is 0.636. The lowest BCUT2D eigenvalue weighted by molar-refractivity contribution is -0.130. The minimum Gasteiger partial charge on any atom is -0.491 e. The summed E-state index contributed by atoms with van der Waals surface area (Å²) >= 11 is 0. The summed E-state index contributed by atoms with van der Waals surface area (Å²) in [5, 5.41) is 6.64. The first-order valence-corrected chi connectivity index (χ1v) is 10.7. The number of carbonyl (C=O) groups excluding carboxylic acids is 1. The number of ether oxygens (including phenoxy) is 2. The van der Waals surface area contributed by atoms with Crippen molar-refractivity contribution in [3.63, 3.8) is 0 Å². The lowest BCUT2D eigenvalue weighted by Gasteiger charge is -2.20. The van der Waals surface area contributed by atoms with Gasteiger partial charge < -0.3 is 25.0 Å². The quantitative estimate of drug-likeness (QED) is 0.337. The van der Waals surface area contributed by atoms with Crippen molar-refractivity contribution in [3.05, 3.63) is 29.8 Å². The van der Waals surface area contributed by atoms with Crippen LogP contribution in [0.1, 0.15) is 44.6 Å². The molecule has 1 fully saturated rings. The molecular formula is C22H36N4O3. The molecule has 2 N–H and O–H groups in total. The van der Waals surface area contributed by atoms with Crippen LogP contribution in [0.15, 0.2) is 29.3 Å². The van der Waals surface area contributed by atoms with Crippen LogP contribution < -0.4 is 15.4 Å². The first-order chi connectivity index (χ1) is 14.2. The topological polar surface area (TPSA) is 75.2 Å². The van der Waals surface area contributed by atoms with Gasteiger partial charge in [0.2, 0.25) is 5.91 Å². The molecule has 0 radical (unpaired) electrons. The SMILES string of the molecule is CCNC(=NCc1ccc(OCCOC)cc1)NCCCN1CCCCCC1=O. The molecule has 0 unspecified atom stereocenters. The summed E-state index contributed by atoms with van der Waals surface area (Å²) in [5.74, 6) is 1.94. The van der Waals surface area contributed by atoms with Crippen molar-refractivity contribution < 1.29 is 14.3 Å². The van der Waals surface area contributed by atoms with Crippen LogP contribution in [0.4, 0.5) is 0 Å². The zero-order chi connectivity index (χ0) is 20.7. The van der Waals surface area contributed by atoms with Crippen LogP contribution in [-0.4, -0.2) is 63.3 Å². The Kier molecular flexibility index (Phi) is 11.0. The van der Waals surface area contributed by atoms with Gasteiger partial charge in [-0.2, -0.15) is 0 Å². The molecule has 0 saturated carbocycles. The molecule has 1 aromatic rings. The number of nitrogens with zero attached hydrogens (tertiary/aromatic N) is 2. The second-order valence-corrected chi connectivity index (χ2v) is 7.15. The number of rotatable bonds is 11. The molecule has 1 heterocycles. The van der Waals surface area contributed by atoms with Gasteiger partial charge in [-0.25, -0.2) is 4.99 Å². The molecule has 1 aromatic carbocycles. The summed E-state index contributed by atoms with van der Waals surface area (Å²) in [7, 11) is 1.66. The molecule has 7 nitrogen and oxygen atoms in total. The van der Waals surface area contributed by atoms with Gasteiger partial charge in [-0.05, 0) is 43.9 Å². The van der Waals surface area contributed by atoms with Gasteiger partial charge in [0.15, 0.2) is 5.96 Å². The van der Waals surface area contributed by atoms with Crippen molar-refractivity contribution in [3.8, 4) is 5.75 Å². The van der Waals surface area contributed by atoms with Crippen LogP contribution in [0.25, 0.3) is 0 Å². The van der Waals surface area contributed by atoms with E-state index < -0.39 is 0 Å². The minimum atomic E-state index is 0.303. The summed E-state index contributed by atoms with van der Waals surface area (Å²) in [6.07, 6.45) is 4.94. The summed E-state index contributed by atoms with van der Waals surface area (Å²) in [5.41, 5.74) is 1.12. The van der Waals surface area contributed by atoms with Crippen LogP contribution in [0, 0.1) is 0 Å². The van der Waals surface area contributed by atoms with Crippen molar-refractivity contribution in [1.82, 2.24) is 15.5 Å². The highest BCUT2D eigenvalue weighted by atomic mass is 16.5. The number of likely N-dealkylation sites (tertiary alicyclic amines) is 1. The van der Waals surface area contributed by atoms with Gasteiger partial charge in [-0.3, -0.25) is 4.79 Å². The average Bonchev–Trinajstić information content (AvgIpc) is 2.94. The highest BCUT2D eigenvalue weighted by molar-refractivity contribution is 5.79. The van der Waals surface area contributed by atoms with Gasteiger partial charge in [0.1, 0.15) is 12.4 Å². The Bertz CT molecular complexity index is 619. The van der Waals surface area contributed by atoms with E-state index in [4.69, 9.17) is 9.47 Å². The molecule has 0 aromatic heterocycles. The third-order valence-corrected chi connectivity index (χ3v) is 4.81. The van der Waals surface area contributed by atoms with E-state index in [1.54, 1.807) is 7.11 Å². The van der Waals surface area contributed by atoms with Crippen molar-refractivity contribution in [2.45, 2.75) is 45.6 Å². The summed E-state index contributed by atoms with van der Waals surface area (Å²) < 4.78 is 10.6. The minimum absolute atomic E-state index is 0.303. The van der Waals surface area contributed by atoms with E-state index >= 15 is 0 Å². The van der Waals surface area contributed by atoms with Gasteiger partial charge in [0, 0.05) is 39.7 Å². The van der Waals surface area contributed by atoms with Crippen LogP contribution in [0.5, 0.6) is 5.75 Å². The third kappa shape index (κ3) is 9.17. The van der Waals surface area contributed by atoms with Gasteiger partial charge in [-0.1, -0.05) is 18.6 Å². The van der Waals surface area contributed by atoms with Crippen LogP contribution >= 0.6 is 0 Å². The number of guanidine groups is 1. The average molecular weight is 405 g/mol. The Morgan fingerprint density at radius 1 is 1.14 bits per heavy atom. The molecular weight excluding hydrogens is 368 g/mol. The molecule has 0 atom stereocenters. The third-order valence-electron chi connectivity index (χ3n) is 4.81. The van der Waals surface area contributed by atoms with E-state index in [9.17, 15) is 4.79 Å². The van der Waals surface area contributed by atoms with Gasteiger partial charge in [0.05, 0.1) is 13.2 Å². The largest absolute Gasteiger partial charge is 0.491 e. The number of amides is 1. The van der Waals surface area contributed by atoms with Gasteiger partial charge >= 0.3 is 0 Å². The summed E-state index contributed by atoms with van der Waals surface area (Å²) in [6, 6.07) is 7.97. The van der Waals surface area contributed by atoms with E-state index in [0.717, 1.165) is 69.1 Å². The maximum absolute atomic E-state index is 12.1. The molecule has 162 valence electrons. The number of nitrogens with one attached hydrogen (secondary N) is 2. The summed E-state index contributed by atoms with van der Waals surface area (Å²) in [6.45, 7) is 7.09. The van der Waals surface area contributed by atoms with Gasteiger partial charge in [-0.15, -0.1) is 0 Å². The summed E-state index contributed by atoms with van der Waals surface area (Å²) in [4.78, 5) is 18.7. The first kappa shape index (κ1) is 23.0. The van der Waals surface area contributed by atoms with Crippen LogP contribution in [-0.2, 0) is 16.1 Å². The molecule has 1 amide bonds. The molecule has 1 aliphatic heterocycles. The standard InChI is InChI=1S/C22H36N4O3/c1-3-23-22(24-13-7-15-26-14-6-4-5-8-21(26)27)25-18-19-9-11-20(12-10-19)29-17-16-28-2/h9-12H,3-8,13-18H2,1-2H3,(H2,23,24,25). The molecule has 0 spiro atoms. The van der Waals surface area contributed by atoms with Crippen molar-refractivity contribution in [1.29, 1.82) is 0 Å². The fourth-order valence-electron chi connectivity index (χ4n) is 3.20.